The summed E-state index contributed by atoms with van der Waals surface area (Å²) in [4.78, 5) is 31.4. The fourth-order valence-electron chi connectivity index (χ4n) is 2.51. The molecule has 0 bridgehead atoms. The SMILES string of the molecule is COc1ccc2c(c1)c(CC(C)N[C-]=O)cn2C(=O)OC(C)(C)C.O=CO.[Fm]. The van der Waals surface area contributed by atoms with Gasteiger partial charge in [-0.2, -0.15) is 6.41 Å². The first-order chi connectivity index (χ1) is 12.7. The first-order valence-corrected chi connectivity index (χ1v) is 8.28. The van der Waals surface area contributed by atoms with Crippen LogP contribution >= 0.6 is 0 Å². The van der Waals surface area contributed by atoms with Gasteiger partial charge in [0, 0.05) is 11.6 Å². The molecule has 1 heterocycles. The van der Waals surface area contributed by atoms with Crippen LogP contribution in [0.2, 0.25) is 0 Å². The average molecular weight is 634 g/mol. The van der Waals surface area contributed by atoms with Crippen LogP contribution in [0.25, 0.3) is 10.9 Å². The zero-order chi connectivity index (χ0) is 20.6. The van der Waals surface area contributed by atoms with Crippen LogP contribution in [0.1, 0.15) is 33.3 Å². The molecule has 0 spiro atoms. The van der Waals surface area contributed by atoms with E-state index in [-0.39, 0.29) is 12.5 Å². The van der Waals surface area contributed by atoms with E-state index in [1.54, 1.807) is 25.8 Å². The zero-order valence-corrected chi connectivity index (χ0v) is 18.8. The summed E-state index contributed by atoms with van der Waals surface area (Å²) in [5, 5.41) is 10.4. The van der Waals surface area contributed by atoms with Crippen LogP contribution in [0.4, 0.5) is 4.79 Å². The van der Waals surface area contributed by atoms with Crippen molar-refractivity contribution in [3.05, 3.63) is 30.0 Å². The van der Waals surface area contributed by atoms with E-state index in [0.717, 1.165) is 16.5 Å². The van der Waals surface area contributed by atoms with Gasteiger partial charge in [0.05, 0.1) is 12.6 Å². The molecule has 0 radical (unpaired) electrons. The maximum absolute atomic E-state index is 12.5. The molecule has 1 aromatic carbocycles. The number of methoxy groups -OCH3 is 1. The van der Waals surface area contributed by atoms with Crippen molar-refractivity contribution in [3.8, 4) is 5.75 Å². The first-order valence-electron chi connectivity index (χ1n) is 8.28. The van der Waals surface area contributed by atoms with Crippen molar-refractivity contribution in [2.45, 2.75) is 45.8 Å². The minimum absolute atomic E-state index is 0. The molecule has 1 aromatic heterocycles. The Morgan fingerprint density at radius 1 is 1.39 bits per heavy atom. The van der Waals surface area contributed by atoms with Crippen molar-refractivity contribution < 1.29 is 29.0 Å². The number of nitrogens with one attached hydrogen (secondary N) is 1. The van der Waals surface area contributed by atoms with Crippen LogP contribution in [0, 0.1) is 0 Å². The van der Waals surface area contributed by atoms with Crippen molar-refractivity contribution in [2.24, 2.45) is 0 Å². The number of nitrogens with zero attached hydrogens (tertiary/aromatic N) is 1. The Kier molecular flexibility index (Phi) is 8.73. The molecule has 2 aromatic rings. The van der Waals surface area contributed by atoms with E-state index < -0.39 is 11.7 Å². The quantitative estimate of drug-likeness (QED) is 0.298. The Morgan fingerprint density at radius 2 is 2.00 bits per heavy atom. The van der Waals surface area contributed by atoms with Gasteiger partial charge in [-0.25, -0.2) is 4.79 Å². The maximum atomic E-state index is 12.5. The molecule has 0 saturated carbocycles. The van der Waals surface area contributed by atoms with Crippen molar-refractivity contribution in [1.29, 1.82) is 0 Å². The third-order valence-electron chi connectivity index (χ3n) is 3.52. The summed E-state index contributed by atoms with van der Waals surface area (Å²) in [6, 6.07) is 5.40. The molecule has 28 heavy (non-hydrogen) atoms. The number of amides is 1. The first kappa shape index (κ1) is 24.0. The predicted octanol–water partition coefficient (Wildman–Crippen LogP) is 2.72. The molecular weight excluding hydrogens is 609 g/mol. The summed E-state index contributed by atoms with van der Waals surface area (Å²) in [5.41, 5.74) is 1.08. The molecule has 160 valence electrons. The summed E-state index contributed by atoms with van der Waals surface area (Å²) >= 11 is 0. The van der Waals surface area contributed by atoms with Gasteiger partial charge in [-0.05, 0) is 63.9 Å². The molecule has 0 aliphatic heterocycles. The van der Waals surface area contributed by atoms with Crippen molar-refractivity contribution >= 4 is 29.9 Å². The summed E-state index contributed by atoms with van der Waals surface area (Å²) in [7, 11) is 1.59. The minimum atomic E-state index is -0.582. The van der Waals surface area contributed by atoms with Crippen LogP contribution in [0.3, 0.4) is 0 Å². The van der Waals surface area contributed by atoms with E-state index in [9.17, 15) is 9.59 Å². The molecule has 0 saturated heterocycles. The van der Waals surface area contributed by atoms with Crippen LogP contribution in [0.5, 0.6) is 5.75 Å². The zero-order valence-electron chi connectivity index (χ0n) is 16.4. The van der Waals surface area contributed by atoms with Gasteiger partial charge >= 0.3 is 6.09 Å². The number of carbonyl (C=O) groups excluding carboxylic acids is 2. The second kappa shape index (κ2) is 10.2. The molecule has 1 unspecified atom stereocenters. The topological polar surface area (TPSA) is 107 Å². The molecular formula is C19H25FmN2O6-. The van der Waals surface area contributed by atoms with Gasteiger partial charge in [0.2, 0.25) is 0 Å². The number of fused-ring (bicyclic) bond motifs is 1. The van der Waals surface area contributed by atoms with E-state index in [1.807, 2.05) is 39.8 Å². The third kappa shape index (κ3) is 6.36. The fourth-order valence-corrected chi connectivity index (χ4v) is 2.51. The number of carbonyl (C=O) groups is 2. The molecule has 0 aliphatic rings. The second-order valence-corrected chi connectivity index (χ2v) is 6.84. The van der Waals surface area contributed by atoms with Crippen LogP contribution in [-0.4, -0.2) is 47.4 Å². The Morgan fingerprint density at radius 3 is 2.50 bits per heavy atom. The summed E-state index contributed by atoms with van der Waals surface area (Å²) in [6.45, 7) is 7.10. The summed E-state index contributed by atoms with van der Waals surface area (Å²) in [5.74, 6) is 0.702. The van der Waals surface area contributed by atoms with E-state index in [0.29, 0.717) is 12.2 Å². The number of hydrogen-bond acceptors (Lipinski definition) is 5. The Balaban J connectivity index is 0.00000171. The third-order valence-corrected chi connectivity index (χ3v) is 3.52. The number of carboxylic acid groups (broad SMARTS) is 1. The summed E-state index contributed by atoms with van der Waals surface area (Å²) < 4.78 is 12.2. The second-order valence-electron chi connectivity index (χ2n) is 6.84. The van der Waals surface area contributed by atoms with Crippen LogP contribution in [-0.2, 0) is 20.7 Å². The van der Waals surface area contributed by atoms with E-state index in [2.05, 4.69) is 5.32 Å². The molecule has 1 amide bonds. The Hall–Kier alpha value is -4.03. The molecule has 0 aliphatic carbocycles. The van der Waals surface area contributed by atoms with Gasteiger partial charge in [0.25, 0.3) is 6.47 Å². The van der Waals surface area contributed by atoms with Gasteiger partial charge in [-0.15, -0.1) is 0 Å². The normalized spacial score (nSPS) is 11.3. The van der Waals surface area contributed by atoms with Crippen LogP contribution in [0.15, 0.2) is 24.4 Å². The van der Waals surface area contributed by atoms with Crippen molar-refractivity contribution in [3.63, 3.8) is 0 Å². The molecule has 8 nitrogen and oxygen atoms in total. The molecule has 9 heteroatoms. The van der Waals surface area contributed by atoms with E-state index >= 15 is 0 Å². The van der Waals surface area contributed by atoms with Gasteiger partial charge in [-0.1, -0.05) is 0 Å². The fraction of sp³-hybridized carbons (Fsp3) is 0.421. The molecule has 2 N–H and O–H groups in total. The maximum Gasteiger partial charge on any atom is 0.419 e. The van der Waals surface area contributed by atoms with Crippen molar-refractivity contribution in [1.82, 2.24) is 9.88 Å². The van der Waals surface area contributed by atoms with Crippen molar-refractivity contribution in [2.75, 3.05) is 7.11 Å². The Bertz CT molecular complexity index is 798. The summed E-state index contributed by atoms with van der Waals surface area (Å²) in [6.07, 6.45) is 3.57. The predicted molar refractivity (Wildman–Crippen MR) is 101 cm³/mol. The average Bonchev–Trinajstić information content (AvgIpc) is 2.92. The molecule has 2 rings (SSSR count). The number of ether oxygens (including phenoxy) is 2. The van der Waals surface area contributed by atoms with E-state index in [1.165, 1.54) is 4.57 Å². The standard InChI is InChI=1S/C18H23N2O4.CH2O2.Fm/c1-12(19-11-21)8-13-10-20(17(22)24-18(2,3)4)16-7-6-14(23-5)9-15(13)16;2-1-3;/h6-7,9-10,12H,8H2,1-5H3,(H,19,21);1H,(H,2,3);/q-1;;. The molecule has 0 fully saturated rings. The van der Waals surface area contributed by atoms with Gasteiger partial charge in [0.1, 0.15) is 11.4 Å². The Labute approximate surface area is 158 Å². The van der Waals surface area contributed by atoms with Gasteiger partial charge in [0.15, 0.2) is 0 Å². The smallest absolute Gasteiger partial charge is 0.419 e. The minimum Gasteiger partial charge on any atom is -0.527 e. The van der Waals surface area contributed by atoms with Gasteiger partial charge < -0.3 is 24.7 Å². The number of rotatable bonds is 5. The van der Waals surface area contributed by atoms with Gasteiger partial charge in [-0.3, -0.25) is 9.36 Å². The van der Waals surface area contributed by atoms with E-state index in [4.69, 9.17) is 19.4 Å². The monoisotopic (exact) mass is 634 g/mol. The largest absolute Gasteiger partial charge is 0.527 e. The molecule has 1 atom stereocenters. The number of benzene rings is 1. The number of aromatic nitrogens is 1. The number of hydrogen-bond donors (Lipinski definition) is 2. The van der Waals surface area contributed by atoms with Crippen LogP contribution < -0.4 is 10.1 Å².